The average Bonchev–Trinajstić information content (AvgIpc) is 3.08. The highest BCUT2D eigenvalue weighted by Crippen LogP contribution is 2.34. The number of aliphatic carboxylic acids is 1. The lowest BCUT2D eigenvalue weighted by Gasteiger charge is -2.24. The van der Waals surface area contributed by atoms with Gasteiger partial charge in [-0.1, -0.05) is 0 Å². The third kappa shape index (κ3) is 2.44. The van der Waals surface area contributed by atoms with Crippen molar-refractivity contribution in [3.63, 3.8) is 0 Å². The zero-order valence-electron chi connectivity index (χ0n) is 11.3. The number of hydrogen-bond acceptors (Lipinski definition) is 3. The fourth-order valence-corrected chi connectivity index (χ4v) is 3.37. The van der Waals surface area contributed by atoms with Gasteiger partial charge in [-0.3, -0.25) is 9.59 Å². The third-order valence-corrected chi connectivity index (χ3v) is 4.52. The van der Waals surface area contributed by atoms with Crippen LogP contribution in [0.2, 0.25) is 0 Å². The largest absolute Gasteiger partial charge is 0.481 e. The van der Waals surface area contributed by atoms with Crippen LogP contribution < -0.4 is 5.32 Å². The maximum absolute atomic E-state index is 12.3. The van der Waals surface area contributed by atoms with Crippen LogP contribution in [0.5, 0.6) is 0 Å². The molecule has 1 amide bonds. The molecule has 2 N–H and O–H groups in total. The van der Waals surface area contributed by atoms with Crippen molar-refractivity contribution < 1.29 is 19.1 Å². The molecule has 0 aliphatic heterocycles. The number of rotatable bonds is 3. The SMILES string of the molecule is O=C(O)[C@H]1CC[C@@H](C(=O)NC2CCCc3occc32)C1. The Kier molecular flexibility index (Phi) is 3.51. The minimum absolute atomic E-state index is 0.00667. The smallest absolute Gasteiger partial charge is 0.306 e. The number of aryl methyl sites for hydroxylation is 1. The highest BCUT2D eigenvalue weighted by Gasteiger charge is 2.35. The van der Waals surface area contributed by atoms with Crippen molar-refractivity contribution >= 4 is 11.9 Å². The number of carboxylic acid groups (broad SMARTS) is 1. The van der Waals surface area contributed by atoms with Crippen LogP contribution in [0.1, 0.15) is 49.5 Å². The van der Waals surface area contributed by atoms with Crippen LogP contribution in [-0.4, -0.2) is 17.0 Å². The highest BCUT2D eigenvalue weighted by atomic mass is 16.4. The molecule has 2 aliphatic rings. The van der Waals surface area contributed by atoms with E-state index < -0.39 is 5.97 Å². The summed E-state index contributed by atoms with van der Waals surface area (Å²) < 4.78 is 5.41. The molecule has 0 spiro atoms. The molecule has 1 unspecified atom stereocenters. The van der Waals surface area contributed by atoms with Gasteiger partial charge in [0.25, 0.3) is 0 Å². The van der Waals surface area contributed by atoms with Crippen LogP contribution in [-0.2, 0) is 16.0 Å². The van der Waals surface area contributed by atoms with E-state index in [2.05, 4.69) is 5.32 Å². The van der Waals surface area contributed by atoms with Crippen molar-refractivity contribution in [1.29, 1.82) is 0 Å². The second kappa shape index (κ2) is 5.31. The van der Waals surface area contributed by atoms with Crippen molar-refractivity contribution in [2.75, 3.05) is 0 Å². The molecule has 3 atom stereocenters. The zero-order chi connectivity index (χ0) is 14.1. The predicted octanol–water partition coefficient (Wildman–Crippen LogP) is 2.27. The number of fused-ring (bicyclic) bond motifs is 1. The van der Waals surface area contributed by atoms with E-state index in [1.807, 2.05) is 6.07 Å². The van der Waals surface area contributed by atoms with E-state index >= 15 is 0 Å². The van der Waals surface area contributed by atoms with E-state index in [-0.39, 0.29) is 23.8 Å². The molecule has 1 aromatic rings. The van der Waals surface area contributed by atoms with E-state index in [1.165, 1.54) is 0 Å². The Balaban J connectivity index is 1.62. The average molecular weight is 277 g/mol. The number of carboxylic acids is 1. The Morgan fingerprint density at radius 3 is 2.80 bits per heavy atom. The summed E-state index contributed by atoms with van der Waals surface area (Å²) in [5.74, 6) is -0.339. The van der Waals surface area contributed by atoms with Crippen LogP contribution in [0.4, 0.5) is 0 Å². The Bertz CT molecular complexity index is 522. The first-order chi connectivity index (χ1) is 9.65. The van der Waals surface area contributed by atoms with Gasteiger partial charge in [-0.05, 0) is 38.2 Å². The standard InChI is InChI=1S/C15H19NO4/c17-14(9-4-5-10(8-9)15(18)19)16-12-2-1-3-13-11(12)6-7-20-13/h6-7,9-10,12H,1-5,8H2,(H,16,17)(H,18,19)/t9-,10+,12?/m1/s1. The quantitative estimate of drug-likeness (QED) is 0.888. The fraction of sp³-hybridized carbons (Fsp3) is 0.600. The molecule has 5 heteroatoms. The van der Waals surface area contributed by atoms with Crippen LogP contribution >= 0.6 is 0 Å². The molecule has 2 aliphatic carbocycles. The maximum atomic E-state index is 12.3. The van der Waals surface area contributed by atoms with Gasteiger partial charge in [-0.2, -0.15) is 0 Å². The number of nitrogens with one attached hydrogen (secondary N) is 1. The second-order valence-electron chi connectivity index (χ2n) is 5.80. The molecule has 1 heterocycles. The molecule has 108 valence electrons. The van der Waals surface area contributed by atoms with Crippen molar-refractivity contribution in [2.24, 2.45) is 11.8 Å². The number of hydrogen-bond donors (Lipinski definition) is 2. The summed E-state index contributed by atoms with van der Waals surface area (Å²) in [5.41, 5.74) is 1.08. The first kappa shape index (κ1) is 13.2. The number of carbonyl (C=O) groups excluding carboxylic acids is 1. The number of carbonyl (C=O) groups is 2. The maximum Gasteiger partial charge on any atom is 0.306 e. The summed E-state index contributed by atoms with van der Waals surface area (Å²) in [7, 11) is 0. The molecular weight excluding hydrogens is 258 g/mol. The Morgan fingerprint density at radius 2 is 2.05 bits per heavy atom. The molecule has 1 saturated carbocycles. The summed E-state index contributed by atoms with van der Waals surface area (Å²) >= 11 is 0. The van der Waals surface area contributed by atoms with Crippen LogP contribution in [0.3, 0.4) is 0 Å². The lowest BCUT2D eigenvalue weighted by molar-refractivity contribution is -0.141. The molecule has 0 radical (unpaired) electrons. The van der Waals surface area contributed by atoms with Crippen molar-refractivity contribution in [1.82, 2.24) is 5.32 Å². The predicted molar refractivity (Wildman–Crippen MR) is 71.0 cm³/mol. The van der Waals surface area contributed by atoms with E-state index in [0.717, 1.165) is 30.6 Å². The van der Waals surface area contributed by atoms with E-state index in [9.17, 15) is 9.59 Å². The highest BCUT2D eigenvalue weighted by molar-refractivity contribution is 5.81. The minimum Gasteiger partial charge on any atom is -0.481 e. The Morgan fingerprint density at radius 1 is 1.25 bits per heavy atom. The Hall–Kier alpha value is -1.78. The first-order valence-electron chi connectivity index (χ1n) is 7.24. The third-order valence-electron chi connectivity index (χ3n) is 4.52. The summed E-state index contributed by atoms with van der Waals surface area (Å²) in [6, 6.07) is 1.95. The fourth-order valence-electron chi connectivity index (χ4n) is 3.37. The molecular formula is C15H19NO4. The van der Waals surface area contributed by atoms with Crippen molar-refractivity contribution in [3.05, 3.63) is 23.7 Å². The van der Waals surface area contributed by atoms with Crippen LogP contribution in [0.25, 0.3) is 0 Å². The molecule has 1 fully saturated rings. The first-order valence-corrected chi connectivity index (χ1v) is 7.24. The second-order valence-corrected chi connectivity index (χ2v) is 5.80. The zero-order valence-corrected chi connectivity index (χ0v) is 11.3. The Labute approximate surface area is 117 Å². The van der Waals surface area contributed by atoms with Gasteiger partial charge in [0.15, 0.2) is 0 Å². The van der Waals surface area contributed by atoms with Crippen LogP contribution in [0.15, 0.2) is 16.7 Å². The molecule has 1 aromatic heterocycles. The van der Waals surface area contributed by atoms with Gasteiger partial charge in [0.1, 0.15) is 5.76 Å². The van der Waals surface area contributed by atoms with Gasteiger partial charge < -0.3 is 14.8 Å². The summed E-state index contributed by atoms with van der Waals surface area (Å²) in [5, 5.41) is 12.1. The van der Waals surface area contributed by atoms with E-state index in [4.69, 9.17) is 9.52 Å². The number of amides is 1. The number of furan rings is 1. The molecule has 3 rings (SSSR count). The van der Waals surface area contributed by atoms with E-state index in [1.54, 1.807) is 6.26 Å². The van der Waals surface area contributed by atoms with Crippen molar-refractivity contribution in [3.8, 4) is 0 Å². The van der Waals surface area contributed by atoms with Gasteiger partial charge in [0.05, 0.1) is 18.2 Å². The van der Waals surface area contributed by atoms with Gasteiger partial charge in [-0.15, -0.1) is 0 Å². The van der Waals surface area contributed by atoms with Gasteiger partial charge >= 0.3 is 5.97 Å². The van der Waals surface area contributed by atoms with Gasteiger partial charge in [0, 0.05) is 17.9 Å². The minimum atomic E-state index is -0.782. The van der Waals surface area contributed by atoms with E-state index in [0.29, 0.717) is 19.3 Å². The molecule has 5 nitrogen and oxygen atoms in total. The lowest BCUT2D eigenvalue weighted by Crippen LogP contribution is -2.34. The van der Waals surface area contributed by atoms with Gasteiger partial charge in [-0.25, -0.2) is 0 Å². The lowest BCUT2D eigenvalue weighted by atomic mass is 9.92. The summed E-state index contributed by atoms with van der Waals surface area (Å²) in [4.78, 5) is 23.2. The summed E-state index contributed by atoms with van der Waals surface area (Å²) in [6.07, 6.45) is 6.28. The summed E-state index contributed by atoms with van der Waals surface area (Å²) in [6.45, 7) is 0. The van der Waals surface area contributed by atoms with Crippen molar-refractivity contribution in [2.45, 2.75) is 44.6 Å². The van der Waals surface area contributed by atoms with Gasteiger partial charge in [0.2, 0.25) is 5.91 Å². The van der Waals surface area contributed by atoms with Crippen LogP contribution in [0, 0.1) is 11.8 Å². The topological polar surface area (TPSA) is 79.5 Å². The molecule has 0 aromatic carbocycles. The normalized spacial score (nSPS) is 28.9. The monoisotopic (exact) mass is 277 g/mol. The molecule has 20 heavy (non-hydrogen) atoms. The molecule has 0 bridgehead atoms. The molecule has 0 saturated heterocycles.